The van der Waals surface area contributed by atoms with Crippen LogP contribution in [0.1, 0.15) is 0 Å². The fourth-order valence-electron chi connectivity index (χ4n) is 1.97. The number of nitrogens with one attached hydrogen (secondary N) is 2. The van der Waals surface area contributed by atoms with Crippen molar-refractivity contribution in [1.29, 1.82) is 0 Å². The van der Waals surface area contributed by atoms with E-state index in [1.165, 1.54) is 19.2 Å². The number of hydrogen-bond acceptors (Lipinski definition) is 6. The van der Waals surface area contributed by atoms with Crippen molar-refractivity contribution >= 4 is 27.6 Å². The summed E-state index contributed by atoms with van der Waals surface area (Å²) in [6.45, 7) is -1.14. The number of carbonyl (C=O) groups is 2. The van der Waals surface area contributed by atoms with Crippen LogP contribution in [0.5, 0.6) is 5.75 Å². The van der Waals surface area contributed by atoms with Gasteiger partial charge in [0.1, 0.15) is 12.3 Å². The third kappa shape index (κ3) is 5.57. The monoisotopic (exact) mass is 378 g/mol. The van der Waals surface area contributed by atoms with E-state index in [-0.39, 0.29) is 4.90 Å². The van der Waals surface area contributed by atoms with Gasteiger partial charge in [0.15, 0.2) is 6.61 Å². The Balaban J connectivity index is 1.80. The fourth-order valence-corrected chi connectivity index (χ4v) is 2.96. The SMILES string of the molecule is COc1ccccc1NC(=O)COC(=O)CNS(=O)(=O)c1ccccc1. The van der Waals surface area contributed by atoms with E-state index in [9.17, 15) is 18.0 Å². The Labute approximate surface area is 151 Å². The van der Waals surface area contributed by atoms with E-state index in [0.717, 1.165) is 0 Å². The van der Waals surface area contributed by atoms with Crippen LogP contribution in [0, 0.1) is 0 Å². The van der Waals surface area contributed by atoms with E-state index in [1.807, 2.05) is 0 Å². The minimum atomic E-state index is -3.82. The average molecular weight is 378 g/mol. The molecule has 1 amide bonds. The predicted molar refractivity (Wildman–Crippen MR) is 94.2 cm³/mol. The first-order chi connectivity index (χ1) is 12.4. The van der Waals surface area contributed by atoms with Gasteiger partial charge in [-0.15, -0.1) is 0 Å². The van der Waals surface area contributed by atoms with Gasteiger partial charge in [0.25, 0.3) is 5.91 Å². The number of methoxy groups -OCH3 is 1. The minimum absolute atomic E-state index is 0.0294. The van der Waals surface area contributed by atoms with Crippen LogP contribution in [0.2, 0.25) is 0 Å². The number of carbonyl (C=O) groups excluding carboxylic acids is 2. The summed E-state index contributed by atoms with van der Waals surface area (Å²) in [5, 5.41) is 2.54. The maximum Gasteiger partial charge on any atom is 0.321 e. The highest BCUT2D eigenvalue weighted by molar-refractivity contribution is 7.89. The van der Waals surface area contributed by atoms with Gasteiger partial charge in [-0.05, 0) is 24.3 Å². The van der Waals surface area contributed by atoms with Crippen molar-refractivity contribution in [2.45, 2.75) is 4.90 Å². The normalized spacial score (nSPS) is 10.8. The quantitative estimate of drug-likeness (QED) is 0.667. The summed E-state index contributed by atoms with van der Waals surface area (Å²) < 4.78 is 35.9. The molecule has 8 nitrogen and oxygen atoms in total. The lowest BCUT2D eigenvalue weighted by Gasteiger charge is -2.10. The van der Waals surface area contributed by atoms with E-state index in [2.05, 4.69) is 10.0 Å². The van der Waals surface area contributed by atoms with Gasteiger partial charge in [0.05, 0.1) is 17.7 Å². The molecule has 0 atom stereocenters. The summed E-state index contributed by atoms with van der Waals surface area (Å²) >= 11 is 0. The summed E-state index contributed by atoms with van der Waals surface area (Å²) in [6.07, 6.45) is 0. The molecule has 2 N–H and O–H groups in total. The van der Waals surface area contributed by atoms with E-state index in [4.69, 9.17) is 9.47 Å². The van der Waals surface area contributed by atoms with Crippen LogP contribution in [0.25, 0.3) is 0 Å². The lowest BCUT2D eigenvalue weighted by atomic mass is 10.3. The van der Waals surface area contributed by atoms with E-state index in [1.54, 1.807) is 42.5 Å². The predicted octanol–water partition coefficient (Wildman–Crippen LogP) is 1.16. The Morgan fingerprint density at radius 2 is 1.65 bits per heavy atom. The number of hydrogen-bond donors (Lipinski definition) is 2. The molecule has 0 aliphatic heterocycles. The molecule has 26 heavy (non-hydrogen) atoms. The van der Waals surface area contributed by atoms with Crippen LogP contribution in [0.15, 0.2) is 59.5 Å². The Morgan fingerprint density at radius 3 is 2.35 bits per heavy atom. The molecule has 0 aliphatic carbocycles. The zero-order chi connectivity index (χ0) is 19.0. The van der Waals surface area contributed by atoms with Gasteiger partial charge in [-0.3, -0.25) is 9.59 Å². The first-order valence-corrected chi connectivity index (χ1v) is 9.04. The summed E-state index contributed by atoms with van der Waals surface area (Å²) in [5.74, 6) is -0.990. The summed E-state index contributed by atoms with van der Waals surface area (Å²) in [5.41, 5.74) is 0.431. The Morgan fingerprint density at radius 1 is 1.00 bits per heavy atom. The van der Waals surface area contributed by atoms with E-state index in [0.29, 0.717) is 11.4 Å². The van der Waals surface area contributed by atoms with Crippen LogP contribution >= 0.6 is 0 Å². The largest absolute Gasteiger partial charge is 0.495 e. The highest BCUT2D eigenvalue weighted by Crippen LogP contribution is 2.22. The van der Waals surface area contributed by atoms with Crippen LogP contribution in [0.4, 0.5) is 5.69 Å². The standard InChI is InChI=1S/C17H18N2O6S/c1-24-15-10-6-5-9-14(15)19-16(20)12-25-17(21)11-18-26(22,23)13-7-3-2-4-8-13/h2-10,18H,11-12H2,1H3,(H,19,20). The molecule has 2 aromatic carbocycles. The van der Waals surface area contributed by atoms with Gasteiger partial charge < -0.3 is 14.8 Å². The molecule has 2 rings (SSSR count). The van der Waals surface area contributed by atoms with Gasteiger partial charge in [0, 0.05) is 0 Å². The number of benzene rings is 2. The molecular formula is C17H18N2O6S. The lowest BCUT2D eigenvalue weighted by molar-refractivity contribution is -0.146. The number of sulfonamides is 1. The summed E-state index contributed by atoms with van der Waals surface area (Å²) in [4.78, 5) is 23.5. The first-order valence-electron chi connectivity index (χ1n) is 7.55. The van der Waals surface area contributed by atoms with Crippen molar-refractivity contribution in [1.82, 2.24) is 4.72 Å². The van der Waals surface area contributed by atoms with E-state index < -0.39 is 35.1 Å². The molecule has 2 aromatic rings. The van der Waals surface area contributed by atoms with Crippen molar-refractivity contribution in [3.8, 4) is 5.75 Å². The zero-order valence-electron chi connectivity index (χ0n) is 14.0. The summed E-state index contributed by atoms with van der Waals surface area (Å²) in [7, 11) is -2.36. The second-order valence-corrected chi connectivity index (χ2v) is 6.81. The molecule has 138 valence electrons. The molecule has 0 saturated carbocycles. The Kier molecular flexibility index (Phi) is 6.70. The highest BCUT2D eigenvalue weighted by Gasteiger charge is 2.16. The van der Waals surface area contributed by atoms with Crippen molar-refractivity contribution in [3.05, 3.63) is 54.6 Å². The maximum absolute atomic E-state index is 12.0. The fraction of sp³-hybridized carbons (Fsp3) is 0.176. The molecule has 9 heteroatoms. The van der Waals surface area contributed by atoms with Gasteiger partial charge in [0.2, 0.25) is 10.0 Å². The molecule has 0 heterocycles. The first kappa shape index (κ1) is 19.4. The van der Waals surface area contributed by atoms with Crippen molar-refractivity contribution in [3.63, 3.8) is 0 Å². The smallest absolute Gasteiger partial charge is 0.321 e. The lowest BCUT2D eigenvalue weighted by Crippen LogP contribution is -2.32. The number of amides is 1. The van der Waals surface area contributed by atoms with Crippen molar-refractivity contribution in [2.75, 3.05) is 25.6 Å². The van der Waals surface area contributed by atoms with Crippen molar-refractivity contribution in [2.24, 2.45) is 0 Å². The van der Waals surface area contributed by atoms with Gasteiger partial charge in [-0.2, -0.15) is 4.72 Å². The van der Waals surface area contributed by atoms with Crippen LogP contribution < -0.4 is 14.8 Å². The van der Waals surface area contributed by atoms with Crippen LogP contribution in [0.3, 0.4) is 0 Å². The maximum atomic E-state index is 12.0. The molecule has 0 spiro atoms. The van der Waals surface area contributed by atoms with Gasteiger partial charge in [-0.1, -0.05) is 30.3 Å². The third-order valence-corrected chi connectivity index (χ3v) is 4.62. The van der Waals surface area contributed by atoms with Crippen LogP contribution in [-0.4, -0.2) is 40.6 Å². The molecule has 0 saturated heterocycles. The molecular weight excluding hydrogens is 360 g/mol. The molecule has 0 aliphatic rings. The molecule has 0 radical (unpaired) electrons. The second kappa shape index (κ2) is 8.97. The Hall–Kier alpha value is -2.91. The molecule has 0 unspecified atom stereocenters. The van der Waals surface area contributed by atoms with Crippen LogP contribution in [-0.2, 0) is 24.3 Å². The second-order valence-electron chi connectivity index (χ2n) is 5.05. The number of rotatable bonds is 8. The zero-order valence-corrected chi connectivity index (χ0v) is 14.8. The van der Waals surface area contributed by atoms with Gasteiger partial charge >= 0.3 is 5.97 Å². The van der Waals surface area contributed by atoms with E-state index >= 15 is 0 Å². The number of esters is 1. The molecule has 0 fully saturated rings. The highest BCUT2D eigenvalue weighted by atomic mass is 32.2. The van der Waals surface area contributed by atoms with Crippen molar-refractivity contribution < 1.29 is 27.5 Å². The van der Waals surface area contributed by atoms with Gasteiger partial charge in [-0.25, -0.2) is 8.42 Å². The third-order valence-electron chi connectivity index (χ3n) is 3.21. The number of ether oxygens (including phenoxy) is 2. The topological polar surface area (TPSA) is 111 Å². The number of para-hydroxylation sites is 2. The number of anilines is 1. The minimum Gasteiger partial charge on any atom is -0.495 e. The Bertz CT molecular complexity index is 868. The molecule has 0 bridgehead atoms. The average Bonchev–Trinajstić information content (AvgIpc) is 2.66. The molecule has 0 aromatic heterocycles. The summed E-state index contributed by atoms with van der Waals surface area (Å²) in [6, 6.07) is 14.4.